The molecule has 1 aliphatic carbocycles. The number of ketones is 1. The van der Waals surface area contributed by atoms with Crippen LogP contribution in [0, 0.1) is 6.92 Å². The lowest BCUT2D eigenvalue weighted by Crippen LogP contribution is -2.17. The first-order valence-corrected chi connectivity index (χ1v) is 12.0. The van der Waals surface area contributed by atoms with Gasteiger partial charge in [0.05, 0.1) is 28.8 Å². The molecule has 1 N–H and O–H groups in total. The van der Waals surface area contributed by atoms with Crippen LogP contribution < -0.4 is 10.3 Å². The summed E-state index contributed by atoms with van der Waals surface area (Å²) in [6, 6.07) is 5.32. The number of H-pyrrole nitrogens is 1. The van der Waals surface area contributed by atoms with Crippen LogP contribution >= 0.6 is 15.9 Å². The molecule has 0 atom stereocenters. The molecule has 0 saturated heterocycles. The van der Waals surface area contributed by atoms with Gasteiger partial charge in [-0.3, -0.25) is 9.59 Å². The number of nitrogens with zero attached hydrogens (tertiary/aromatic N) is 3. The fourth-order valence-corrected chi connectivity index (χ4v) is 4.73. The topological polar surface area (TPSA) is 89.3 Å². The van der Waals surface area contributed by atoms with Crippen molar-refractivity contribution in [1.29, 1.82) is 0 Å². The van der Waals surface area contributed by atoms with Gasteiger partial charge in [0.15, 0.2) is 17.1 Å². The summed E-state index contributed by atoms with van der Waals surface area (Å²) in [6.07, 6.45) is 6.93. The lowest BCUT2D eigenvalue weighted by molar-refractivity contribution is 0.102. The first-order chi connectivity index (χ1) is 15.0. The molecule has 8 heteroatoms. The van der Waals surface area contributed by atoms with E-state index in [1.165, 1.54) is 25.7 Å². The number of halogens is 1. The van der Waals surface area contributed by atoms with Crippen LogP contribution in [0.3, 0.4) is 0 Å². The third-order valence-corrected chi connectivity index (χ3v) is 6.41. The van der Waals surface area contributed by atoms with Crippen LogP contribution in [0.2, 0.25) is 0 Å². The standard InChI is InChI=1S/C23H27BrN4O3/c1-3-31-20-16(18(29)13-24)11-8-12-17(20)21-26-23(30)19-14(2)25-22(28(19)27-21)15-9-6-4-5-7-10-15/h8,11-12,15H,3-7,9-10,13H2,1-2H3,(H,26,27,30). The molecule has 1 saturated carbocycles. The molecule has 1 aromatic carbocycles. The van der Waals surface area contributed by atoms with Crippen LogP contribution in [0.1, 0.15) is 73.2 Å². The number of para-hydroxylation sites is 1. The molecule has 7 nitrogen and oxygen atoms in total. The van der Waals surface area contributed by atoms with Gasteiger partial charge >= 0.3 is 0 Å². The fourth-order valence-electron chi connectivity index (χ4n) is 4.43. The van der Waals surface area contributed by atoms with E-state index in [9.17, 15) is 9.59 Å². The molecule has 0 amide bonds. The molecular weight excluding hydrogens is 460 g/mol. The summed E-state index contributed by atoms with van der Waals surface area (Å²) < 4.78 is 7.55. The number of carbonyl (C=O) groups excluding carboxylic acids is 1. The van der Waals surface area contributed by atoms with E-state index in [1.54, 1.807) is 16.6 Å². The lowest BCUT2D eigenvalue weighted by atomic mass is 10.00. The summed E-state index contributed by atoms with van der Waals surface area (Å²) in [5.41, 5.74) is 1.98. The smallest absolute Gasteiger partial charge is 0.277 e. The lowest BCUT2D eigenvalue weighted by Gasteiger charge is -2.15. The van der Waals surface area contributed by atoms with Crippen LogP contribution in [0.15, 0.2) is 23.0 Å². The highest BCUT2D eigenvalue weighted by molar-refractivity contribution is 9.09. The maximum Gasteiger partial charge on any atom is 0.277 e. The zero-order valence-electron chi connectivity index (χ0n) is 17.9. The highest BCUT2D eigenvalue weighted by atomic mass is 79.9. The van der Waals surface area contributed by atoms with Crippen molar-refractivity contribution in [2.45, 2.75) is 58.3 Å². The summed E-state index contributed by atoms with van der Waals surface area (Å²) >= 11 is 3.23. The molecule has 1 fully saturated rings. The molecule has 164 valence electrons. The molecule has 2 aromatic heterocycles. The van der Waals surface area contributed by atoms with Crippen molar-refractivity contribution in [1.82, 2.24) is 19.6 Å². The second-order valence-electron chi connectivity index (χ2n) is 7.98. The predicted octanol–water partition coefficient (Wildman–Crippen LogP) is 4.81. The SMILES string of the molecule is CCOc1c(C(=O)CBr)cccc1-c1nn2c(C3CCCCCC3)nc(C)c2c(=O)[nH]1. The molecule has 0 unspecified atom stereocenters. The number of aromatic amines is 1. The molecule has 2 heterocycles. The number of nitrogens with one attached hydrogen (secondary N) is 1. The number of imidazole rings is 1. The van der Waals surface area contributed by atoms with E-state index in [2.05, 4.69) is 20.9 Å². The molecule has 1 aliphatic rings. The van der Waals surface area contributed by atoms with Gasteiger partial charge in [0, 0.05) is 5.92 Å². The average molecular weight is 487 g/mol. The van der Waals surface area contributed by atoms with Gasteiger partial charge < -0.3 is 9.72 Å². The van der Waals surface area contributed by atoms with Gasteiger partial charge in [0.2, 0.25) is 0 Å². The van der Waals surface area contributed by atoms with Gasteiger partial charge in [-0.2, -0.15) is 0 Å². The Kier molecular flexibility index (Phi) is 6.55. The summed E-state index contributed by atoms with van der Waals surface area (Å²) in [6.45, 7) is 4.11. The number of ether oxygens (including phenoxy) is 1. The van der Waals surface area contributed by atoms with E-state index in [4.69, 9.17) is 14.8 Å². The number of hydrogen-bond acceptors (Lipinski definition) is 5. The Labute approximate surface area is 189 Å². The zero-order valence-corrected chi connectivity index (χ0v) is 19.5. The van der Waals surface area contributed by atoms with Crippen LogP contribution in [0.4, 0.5) is 0 Å². The molecule has 0 aliphatic heterocycles. The van der Waals surface area contributed by atoms with Gasteiger partial charge in [0.25, 0.3) is 5.56 Å². The third-order valence-electron chi connectivity index (χ3n) is 5.90. The van der Waals surface area contributed by atoms with Gasteiger partial charge in [0.1, 0.15) is 11.6 Å². The van der Waals surface area contributed by atoms with Crippen LogP contribution in [0.5, 0.6) is 5.75 Å². The van der Waals surface area contributed by atoms with Crippen molar-refractivity contribution in [3.05, 3.63) is 45.6 Å². The van der Waals surface area contributed by atoms with Crippen molar-refractivity contribution in [2.75, 3.05) is 11.9 Å². The second-order valence-corrected chi connectivity index (χ2v) is 8.54. The monoisotopic (exact) mass is 486 g/mol. The zero-order chi connectivity index (χ0) is 22.0. The van der Waals surface area contributed by atoms with Crippen molar-refractivity contribution < 1.29 is 9.53 Å². The van der Waals surface area contributed by atoms with E-state index >= 15 is 0 Å². The van der Waals surface area contributed by atoms with Gasteiger partial charge in [-0.1, -0.05) is 47.7 Å². The molecule has 0 spiro atoms. The maximum absolute atomic E-state index is 13.0. The number of fused-ring (bicyclic) bond motifs is 1. The Morgan fingerprint density at radius 3 is 2.68 bits per heavy atom. The highest BCUT2D eigenvalue weighted by Gasteiger charge is 2.24. The van der Waals surface area contributed by atoms with Crippen molar-refractivity contribution >= 4 is 27.2 Å². The number of carbonyl (C=O) groups is 1. The fraction of sp³-hybridized carbons (Fsp3) is 0.478. The molecule has 4 rings (SSSR count). The van der Waals surface area contributed by atoms with E-state index < -0.39 is 0 Å². The van der Waals surface area contributed by atoms with E-state index in [0.29, 0.717) is 46.4 Å². The van der Waals surface area contributed by atoms with Crippen molar-refractivity contribution in [2.24, 2.45) is 0 Å². The Morgan fingerprint density at radius 1 is 1.26 bits per heavy atom. The average Bonchev–Trinajstić information content (AvgIpc) is 2.94. The number of Topliss-reactive ketones (excluding diaryl/α,β-unsaturated/α-hetero) is 1. The van der Waals surface area contributed by atoms with Gasteiger partial charge in [-0.15, -0.1) is 5.10 Å². The molecular formula is C23H27BrN4O3. The van der Waals surface area contributed by atoms with Crippen LogP contribution in [-0.4, -0.2) is 37.3 Å². The predicted molar refractivity (Wildman–Crippen MR) is 124 cm³/mol. The number of hydrogen-bond donors (Lipinski definition) is 1. The Hall–Kier alpha value is -2.48. The first kappa shape index (κ1) is 21.7. The number of alkyl halides is 1. The Bertz CT molecular complexity index is 1160. The second kappa shape index (κ2) is 9.34. The maximum atomic E-state index is 13.0. The quantitative estimate of drug-likeness (QED) is 0.306. The molecule has 0 radical (unpaired) electrons. The van der Waals surface area contributed by atoms with Crippen LogP contribution in [-0.2, 0) is 0 Å². The summed E-state index contributed by atoms with van der Waals surface area (Å²) in [5.74, 6) is 1.86. The number of aryl methyl sites for hydroxylation is 1. The number of rotatable bonds is 6. The van der Waals surface area contributed by atoms with E-state index in [-0.39, 0.29) is 16.7 Å². The molecule has 3 aromatic rings. The highest BCUT2D eigenvalue weighted by Crippen LogP contribution is 2.34. The van der Waals surface area contributed by atoms with Gasteiger partial charge in [-0.25, -0.2) is 9.50 Å². The number of aromatic nitrogens is 4. The summed E-state index contributed by atoms with van der Waals surface area (Å²) in [7, 11) is 0. The summed E-state index contributed by atoms with van der Waals surface area (Å²) in [4.78, 5) is 33.1. The van der Waals surface area contributed by atoms with Crippen LogP contribution in [0.25, 0.3) is 16.9 Å². The van der Waals surface area contributed by atoms with E-state index in [0.717, 1.165) is 18.7 Å². The Morgan fingerprint density at radius 2 is 2.00 bits per heavy atom. The number of benzene rings is 1. The minimum atomic E-state index is -0.241. The minimum absolute atomic E-state index is 0.0913. The third kappa shape index (κ3) is 4.18. The Balaban J connectivity index is 1.91. The normalized spacial score (nSPS) is 15.2. The largest absolute Gasteiger partial charge is 0.492 e. The molecule has 0 bridgehead atoms. The van der Waals surface area contributed by atoms with E-state index in [1.807, 2.05) is 19.9 Å². The first-order valence-electron chi connectivity index (χ1n) is 10.9. The van der Waals surface area contributed by atoms with Gasteiger partial charge in [-0.05, 0) is 38.8 Å². The van der Waals surface area contributed by atoms with Crippen molar-refractivity contribution in [3.8, 4) is 17.1 Å². The minimum Gasteiger partial charge on any atom is -0.492 e. The van der Waals surface area contributed by atoms with Crippen molar-refractivity contribution in [3.63, 3.8) is 0 Å². The summed E-state index contributed by atoms with van der Waals surface area (Å²) in [5, 5.41) is 4.98. The molecule has 31 heavy (non-hydrogen) atoms.